The number of pyridine rings is 1. The molecule has 3 N–H and O–H groups in total. The highest BCUT2D eigenvalue weighted by molar-refractivity contribution is 7.89. The zero-order valence-corrected chi connectivity index (χ0v) is 25.2. The Morgan fingerprint density at radius 2 is 1.98 bits per heavy atom. The summed E-state index contributed by atoms with van der Waals surface area (Å²) < 4.78 is 67.9. The van der Waals surface area contributed by atoms with E-state index in [1.807, 2.05) is 0 Å². The Morgan fingerprint density at radius 1 is 1.22 bits per heavy atom. The second kappa shape index (κ2) is 11.8. The number of aryl methyl sites for hydroxylation is 1. The molecule has 2 aliphatic heterocycles. The summed E-state index contributed by atoms with van der Waals surface area (Å²) >= 11 is 6.26. The zero-order chi connectivity index (χ0) is 29.4. The number of nitrogens with one attached hydrogen (secondary N) is 2. The number of sulfonamides is 2. The number of nitrogens with zero attached hydrogens (tertiary/aromatic N) is 3. The Hall–Kier alpha value is -2.30. The Bertz CT molecular complexity index is 1620. The molecule has 0 amide bonds. The summed E-state index contributed by atoms with van der Waals surface area (Å²) in [6.07, 6.45) is 4.07. The predicted octanol–water partition coefficient (Wildman–Crippen LogP) is 1.48. The molecule has 2 aromatic heterocycles. The first-order chi connectivity index (χ1) is 19.4. The number of aliphatic hydroxyl groups excluding tert-OH is 1. The van der Waals surface area contributed by atoms with Gasteiger partial charge in [-0.25, -0.2) is 26.5 Å². The van der Waals surface area contributed by atoms with Crippen LogP contribution in [-0.2, 0) is 31.8 Å². The van der Waals surface area contributed by atoms with Gasteiger partial charge in [-0.1, -0.05) is 17.7 Å². The van der Waals surface area contributed by atoms with E-state index in [1.165, 1.54) is 29.7 Å². The van der Waals surface area contributed by atoms with Crippen molar-refractivity contribution >= 4 is 42.7 Å². The fraction of sp³-hybridized carbons (Fsp3) is 0.500. The van der Waals surface area contributed by atoms with E-state index in [9.17, 15) is 21.9 Å². The van der Waals surface area contributed by atoms with Crippen LogP contribution in [-0.4, -0.2) is 93.4 Å². The van der Waals surface area contributed by atoms with Crippen LogP contribution >= 0.6 is 11.6 Å². The lowest BCUT2D eigenvalue weighted by Crippen LogP contribution is -2.47. The second-order valence-corrected chi connectivity index (χ2v) is 14.7. The topological polar surface area (TPSA) is 152 Å². The van der Waals surface area contributed by atoms with E-state index in [0.717, 1.165) is 0 Å². The molecular formula is C26H34ClN5O7S2. The number of hydrogen-bond acceptors (Lipinski definition) is 9. The molecule has 2 atom stereocenters. The lowest BCUT2D eigenvalue weighted by Gasteiger charge is -2.38. The van der Waals surface area contributed by atoms with E-state index in [2.05, 4.69) is 15.0 Å². The van der Waals surface area contributed by atoms with Crippen LogP contribution in [0.2, 0.25) is 5.02 Å². The third kappa shape index (κ3) is 6.39. The van der Waals surface area contributed by atoms with Gasteiger partial charge in [0.15, 0.2) is 0 Å². The lowest BCUT2D eigenvalue weighted by atomic mass is 9.88. The molecule has 15 heteroatoms. The van der Waals surface area contributed by atoms with Crippen molar-refractivity contribution in [3.8, 4) is 5.75 Å². The van der Waals surface area contributed by atoms with Crippen molar-refractivity contribution < 1.29 is 31.4 Å². The molecule has 5 rings (SSSR count). The standard InChI is InChI=1S/C26H34ClN5O7S2/c1-28-40(34,35)21-5-3-4-20(10-21)38-17-19(33)13-29-18-12-26(39-16-18)6-8-32(9-7-26)41(36,37)22-11-23-24(27)15-31(2)25(23)30-14-22/h3-5,10-11,14-15,18-19,28-29,33H,6-9,12-13,16-17H2,1-2H3/t18-,19+/m1/s1. The highest BCUT2D eigenvalue weighted by Gasteiger charge is 2.44. The van der Waals surface area contributed by atoms with Gasteiger partial charge in [-0.2, -0.15) is 4.31 Å². The first kappa shape index (κ1) is 30.2. The van der Waals surface area contributed by atoms with Crippen molar-refractivity contribution in [3.63, 3.8) is 0 Å². The molecule has 1 spiro atoms. The van der Waals surface area contributed by atoms with Crippen molar-refractivity contribution in [2.45, 2.75) is 46.8 Å². The summed E-state index contributed by atoms with van der Waals surface area (Å²) in [6.45, 7) is 1.35. The minimum Gasteiger partial charge on any atom is -0.491 e. The lowest BCUT2D eigenvalue weighted by molar-refractivity contribution is -0.0312. The first-order valence-electron chi connectivity index (χ1n) is 13.2. The van der Waals surface area contributed by atoms with Gasteiger partial charge in [-0.3, -0.25) is 0 Å². The molecule has 0 radical (unpaired) electrons. The van der Waals surface area contributed by atoms with E-state index in [-0.39, 0.29) is 29.0 Å². The van der Waals surface area contributed by atoms with E-state index in [4.69, 9.17) is 21.1 Å². The number of aromatic nitrogens is 2. The van der Waals surface area contributed by atoms with Crippen LogP contribution in [0.5, 0.6) is 5.75 Å². The minimum absolute atomic E-state index is 0.00346. The van der Waals surface area contributed by atoms with Crippen molar-refractivity contribution in [3.05, 3.63) is 47.7 Å². The highest BCUT2D eigenvalue weighted by Crippen LogP contribution is 2.38. The molecule has 224 valence electrons. The average Bonchev–Trinajstić information content (AvgIpc) is 3.49. The number of benzene rings is 1. The molecule has 0 bridgehead atoms. The molecular weight excluding hydrogens is 594 g/mol. The summed E-state index contributed by atoms with van der Waals surface area (Å²) in [5.74, 6) is 0.341. The molecule has 1 aromatic carbocycles. The molecule has 3 aromatic rings. The van der Waals surface area contributed by atoms with E-state index in [0.29, 0.717) is 60.8 Å². The third-order valence-corrected chi connectivity index (χ3v) is 11.3. The Morgan fingerprint density at radius 3 is 2.71 bits per heavy atom. The van der Waals surface area contributed by atoms with Crippen molar-refractivity contribution in [1.29, 1.82) is 0 Å². The van der Waals surface area contributed by atoms with Gasteiger partial charge in [0.2, 0.25) is 20.0 Å². The van der Waals surface area contributed by atoms with Gasteiger partial charge in [-0.15, -0.1) is 0 Å². The molecule has 12 nitrogen and oxygen atoms in total. The normalized spacial score (nSPS) is 20.5. The fourth-order valence-electron chi connectivity index (χ4n) is 5.35. The summed E-state index contributed by atoms with van der Waals surface area (Å²) in [6, 6.07) is 7.64. The molecule has 2 aliphatic rings. The second-order valence-electron chi connectivity index (χ2n) is 10.5. The number of piperidine rings is 1. The molecule has 2 saturated heterocycles. The highest BCUT2D eigenvalue weighted by atomic mass is 35.5. The van der Waals surface area contributed by atoms with Crippen LogP contribution in [0.25, 0.3) is 11.0 Å². The van der Waals surface area contributed by atoms with Gasteiger partial charge in [0.25, 0.3) is 0 Å². The third-order valence-electron chi connectivity index (χ3n) is 7.69. The quantitative estimate of drug-likeness (QED) is 0.303. The summed E-state index contributed by atoms with van der Waals surface area (Å²) in [5.41, 5.74) is 0.199. The van der Waals surface area contributed by atoms with Crippen molar-refractivity contribution in [2.75, 3.05) is 39.9 Å². The van der Waals surface area contributed by atoms with E-state index < -0.39 is 31.8 Å². The number of fused-ring (bicyclic) bond motifs is 1. The molecule has 4 heterocycles. The number of hydrogen-bond donors (Lipinski definition) is 3. The van der Waals surface area contributed by atoms with Gasteiger partial charge < -0.3 is 24.5 Å². The molecule has 2 fully saturated rings. The van der Waals surface area contributed by atoms with Crippen LogP contribution in [0.1, 0.15) is 19.3 Å². The smallest absolute Gasteiger partial charge is 0.244 e. The van der Waals surface area contributed by atoms with E-state index >= 15 is 0 Å². The Labute approximate surface area is 244 Å². The number of aliphatic hydroxyl groups is 1. The van der Waals surface area contributed by atoms with Crippen LogP contribution < -0.4 is 14.8 Å². The molecule has 0 aliphatic carbocycles. The number of ether oxygens (including phenoxy) is 2. The minimum atomic E-state index is -3.74. The van der Waals surface area contributed by atoms with Crippen LogP contribution in [0, 0.1) is 0 Å². The molecule has 41 heavy (non-hydrogen) atoms. The number of rotatable bonds is 10. The maximum absolute atomic E-state index is 13.4. The fourth-order valence-corrected chi connectivity index (χ4v) is 7.81. The van der Waals surface area contributed by atoms with Gasteiger partial charge in [-0.05, 0) is 44.5 Å². The maximum atomic E-state index is 13.4. The van der Waals surface area contributed by atoms with Crippen LogP contribution in [0.4, 0.5) is 0 Å². The predicted molar refractivity (Wildman–Crippen MR) is 153 cm³/mol. The Kier molecular flexibility index (Phi) is 8.66. The van der Waals surface area contributed by atoms with Crippen LogP contribution in [0.15, 0.2) is 52.5 Å². The van der Waals surface area contributed by atoms with Gasteiger partial charge in [0, 0.05) is 56.6 Å². The molecule has 0 saturated carbocycles. The SMILES string of the molecule is CNS(=O)(=O)c1cccc(OC[C@@H](O)CN[C@H]2COC3(CCN(S(=O)(=O)c4cnc5c(c4)c(Cl)cn5C)CC3)C2)c1. The monoisotopic (exact) mass is 627 g/mol. The zero-order valence-electron chi connectivity index (χ0n) is 22.8. The summed E-state index contributed by atoms with van der Waals surface area (Å²) in [4.78, 5) is 4.51. The van der Waals surface area contributed by atoms with Gasteiger partial charge in [0.05, 0.1) is 22.1 Å². The average molecular weight is 628 g/mol. The first-order valence-corrected chi connectivity index (χ1v) is 16.6. The van der Waals surface area contributed by atoms with Crippen molar-refractivity contribution in [1.82, 2.24) is 23.9 Å². The molecule has 0 unspecified atom stereocenters. The van der Waals surface area contributed by atoms with Crippen molar-refractivity contribution in [2.24, 2.45) is 7.05 Å². The van der Waals surface area contributed by atoms with E-state index in [1.54, 1.807) is 36.0 Å². The van der Waals surface area contributed by atoms with Gasteiger partial charge >= 0.3 is 0 Å². The maximum Gasteiger partial charge on any atom is 0.244 e. The van der Waals surface area contributed by atoms with Crippen LogP contribution in [0.3, 0.4) is 0 Å². The summed E-state index contributed by atoms with van der Waals surface area (Å²) in [5, 5.41) is 14.8. The summed E-state index contributed by atoms with van der Waals surface area (Å²) in [7, 11) is -4.19. The largest absolute Gasteiger partial charge is 0.491 e. The van der Waals surface area contributed by atoms with Gasteiger partial charge in [0.1, 0.15) is 29.0 Å². The Balaban J connectivity index is 1.10. The number of halogens is 1.